The van der Waals surface area contributed by atoms with Crippen molar-refractivity contribution in [2.75, 3.05) is 0 Å². The Bertz CT molecular complexity index is 2320. The van der Waals surface area contributed by atoms with Gasteiger partial charge < -0.3 is 0 Å². The Morgan fingerprint density at radius 3 is 0.934 bits per heavy atom. The Morgan fingerprint density at radius 2 is 0.689 bits per heavy atom. The predicted molar refractivity (Wildman–Crippen MR) is 268 cm³/mol. The maximum atomic E-state index is 2.68. The molecule has 0 N–H and O–H groups in total. The third kappa shape index (κ3) is 8.87. The molecule has 0 amide bonds. The van der Waals surface area contributed by atoms with Crippen molar-refractivity contribution in [1.29, 1.82) is 0 Å². The molecule has 7 rings (SSSR count). The van der Waals surface area contributed by atoms with Crippen LogP contribution in [-0.2, 0) is 35.5 Å². The van der Waals surface area contributed by atoms with Gasteiger partial charge in [-0.1, -0.05) is 231 Å². The largest absolute Gasteiger partial charge is 0.176 e. The van der Waals surface area contributed by atoms with Crippen LogP contribution in [0, 0.1) is 5.92 Å². The molecule has 1 aliphatic carbocycles. The molecular weight excluding hydrogens is 749 g/mol. The average Bonchev–Trinajstić information content (AvgIpc) is 3.41. The van der Waals surface area contributed by atoms with Gasteiger partial charge in [-0.25, -0.2) is 0 Å². The van der Waals surface area contributed by atoms with Crippen molar-refractivity contribution in [3.63, 3.8) is 0 Å². The zero-order valence-corrected chi connectivity index (χ0v) is 40.6. The summed E-state index contributed by atoms with van der Waals surface area (Å²) < 4.78 is 0. The molecule has 0 aromatic heterocycles. The molecule has 314 valence electrons. The molecule has 0 nitrogen and oxygen atoms in total. The van der Waals surface area contributed by atoms with Crippen molar-refractivity contribution in [3.8, 4) is 0 Å². The second-order valence-electron chi connectivity index (χ2n) is 21.2. The van der Waals surface area contributed by atoms with Gasteiger partial charge in [0.05, 0.1) is 0 Å². The van der Waals surface area contributed by atoms with Crippen molar-refractivity contribution in [2.24, 2.45) is 5.92 Å². The summed E-state index contributed by atoms with van der Waals surface area (Å²) in [5, 5.41) is 6.11. The zero-order valence-electron chi connectivity index (χ0n) is 39.6. The normalized spacial score (nSPS) is 15.2. The topological polar surface area (TPSA) is 0 Å². The molecule has 0 radical (unpaired) electrons. The minimum absolute atomic E-state index is 0.0543. The van der Waals surface area contributed by atoms with E-state index in [0.29, 0.717) is 5.92 Å². The molecule has 1 heteroatoms. The first kappa shape index (κ1) is 44.1. The van der Waals surface area contributed by atoms with Crippen LogP contribution in [0.25, 0.3) is 0 Å². The maximum absolute atomic E-state index is 3.04. The number of hydrogen-bond acceptors (Lipinski definition) is 0. The van der Waals surface area contributed by atoms with Gasteiger partial charge in [0, 0.05) is 0 Å². The Kier molecular flexibility index (Phi) is 12.3. The second-order valence-corrected chi connectivity index (χ2v) is 24.9. The Hall–Kier alpha value is -4.98. The highest BCUT2D eigenvalue weighted by atomic mass is 28.3. The SMILES string of the molecule is CC1=C(C)C(C)C([Si](c2ccc(Cc3ccccc3)c(C(C)(C)C)c2)(c2ccc(Cc3ccccc3)c(C(C)(C)C)c2)c2ccc(Cc3ccccc3)c(C(C)(C)C)c2)=C1C. The minimum Gasteiger partial charge on any atom is -0.0636 e. The first-order chi connectivity index (χ1) is 28.8. The van der Waals surface area contributed by atoms with Crippen LogP contribution in [0.5, 0.6) is 0 Å². The van der Waals surface area contributed by atoms with Crippen molar-refractivity contribution in [2.45, 2.75) is 126 Å². The van der Waals surface area contributed by atoms with E-state index < -0.39 is 8.07 Å². The lowest BCUT2D eigenvalue weighted by molar-refractivity contribution is 0.584. The average molecular weight is 819 g/mol. The van der Waals surface area contributed by atoms with E-state index in [1.54, 1.807) is 5.20 Å². The Labute approximate surface area is 370 Å². The number of rotatable bonds is 10. The molecule has 1 aliphatic rings. The van der Waals surface area contributed by atoms with Crippen LogP contribution in [0.3, 0.4) is 0 Å². The molecule has 6 aromatic rings. The zero-order chi connectivity index (χ0) is 43.9. The molecule has 0 heterocycles. The summed E-state index contributed by atoms with van der Waals surface area (Å²) in [5.41, 5.74) is 17.0. The summed E-state index contributed by atoms with van der Waals surface area (Å²) in [6.45, 7) is 31.4. The predicted octanol–water partition coefficient (Wildman–Crippen LogP) is 13.7. The van der Waals surface area contributed by atoms with Crippen LogP contribution in [0.2, 0.25) is 0 Å². The smallest absolute Gasteiger partial charge is 0.0636 e. The Balaban J connectivity index is 1.61. The van der Waals surface area contributed by atoms with E-state index in [0.717, 1.165) is 19.3 Å². The third-order valence-electron chi connectivity index (χ3n) is 13.8. The summed E-state index contributed by atoms with van der Waals surface area (Å²) in [6, 6.07) is 56.4. The minimum atomic E-state index is -3.04. The van der Waals surface area contributed by atoms with E-state index in [9.17, 15) is 0 Å². The first-order valence-electron chi connectivity index (χ1n) is 22.7. The lowest BCUT2D eigenvalue weighted by Gasteiger charge is -2.41. The molecule has 0 fully saturated rings. The number of hydrogen-bond donors (Lipinski definition) is 0. The maximum Gasteiger partial charge on any atom is 0.176 e. The standard InChI is InChI=1S/C60H70Si/c1-41-42(2)44(4)57(43(41)3)61(51-32-29-48(54(38-51)58(5,6)7)35-45-23-17-14-18-24-45,52-33-30-49(55(39-52)59(8,9)10)36-46-25-19-15-20-26-46)53-34-31-50(56(40-53)60(11,12)13)37-47-27-21-16-22-28-47/h14-34,38-40,43H,35-37H2,1-13H3. The van der Waals surface area contributed by atoms with Gasteiger partial charge in [-0.2, -0.15) is 0 Å². The lowest BCUT2D eigenvalue weighted by Crippen LogP contribution is -2.70. The van der Waals surface area contributed by atoms with E-state index in [2.05, 4.69) is 236 Å². The molecule has 1 atom stereocenters. The summed E-state index contributed by atoms with van der Waals surface area (Å²) >= 11 is 0. The van der Waals surface area contributed by atoms with Crippen LogP contribution >= 0.6 is 0 Å². The molecule has 0 spiro atoms. The summed E-state index contributed by atoms with van der Waals surface area (Å²) in [7, 11) is -3.04. The molecular formula is C60H70Si. The van der Waals surface area contributed by atoms with Gasteiger partial charge in [-0.3, -0.25) is 0 Å². The number of benzene rings is 6. The van der Waals surface area contributed by atoms with Crippen LogP contribution in [0.15, 0.2) is 168 Å². The summed E-state index contributed by atoms with van der Waals surface area (Å²) in [6.07, 6.45) is 2.76. The van der Waals surface area contributed by atoms with Crippen molar-refractivity contribution in [1.82, 2.24) is 0 Å². The highest BCUT2D eigenvalue weighted by molar-refractivity contribution is 7.16. The third-order valence-corrected chi connectivity index (χ3v) is 19.0. The lowest BCUT2D eigenvalue weighted by atomic mass is 9.82. The van der Waals surface area contributed by atoms with Crippen LogP contribution in [-0.4, -0.2) is 8.07 Å². The van der Waals surface area contributed by atoms with Gasteiger partial charge in [0.15, 0.2) is 8.07 Å². The van der Waals surface area contributed by atoms with E-state index in [1.807, 2.05) is 0 Å². The molecule has 1 unspecified atom stereocenters. The van der Waals surface area contributed by atoms with E-state index in [4.69, 9.17) is 0 Å². The van der Waals surface area contributed by atoms with Gasteiger partial charge in [0.2, 0.25) is 0 Å². The quantitative estimate of drug-likeness (QED) is 0.0954. The summed E-state index contributed by atoms with van der Waals surface area (Å²) in [4.78, 5) is 0. The fourth-order valence-electron chi connectivity index (χ4n) is 10.4. The van der Waals surface area contributed by atoms with Gasteiger partial charge in [-0.15, -0.1) is 0 Å². The molecule has 6 aromatic carbocycles. The van der Waals surface area contributed by atoms with Crippen LogP contribution < -0.4 is 15.6 Å². The molecule has 0 saturated carbocycles. The second kappa shape index (κ2) is 17.1. The van der Waals surface area contributed by atoms with Gasteiger partial charge in [0.25, 0.3) is 0 Å². The summed E-state index contributed by atoms with van der Waals surface area (Å²) in [5.74, 6) is 0.318. The van der Waals surface area contributed by atoms with E-state index in [1.165, 1.54) is 82.4 Å². The molecule has 0 aliphatic heterocycles. The van der Waals surface area contributed by atoms with Crippen LogP contribution in [0.4, 0.5) is 0 Å². The Morgan fingerprint density at radius 1 is 0.393 bits per heavy atom. The first-order valence-corrected chi connectivity index (χ1v) is 24.7. The van der Waals surface area contributed by atoms with Gasteiger partial charge in [-0.05, 0) is 133 Å². The van der Waals surface area contributed by atoms with Crippen molar-refractivity contribution < 1.29 is 0 Å². The van der Waals surface area contributed by atoms with Crippen molar-refractivity contribution in [3.05, 3.63) is 218 Å². The molecule has 61 heavy (non-hydrogen) atoms. The van der Waals surface area contributed by atoms with Crippen LogP contribution in [0.1, 0.15) is 140 Å². The number of allylic oxidation sites excluding steroid dienone is 4. The highest BCUT2D eigenvalue weighted by Gasteiger charge is 2.49. The van der Waals surface area contributed by atoms with Crippen molar-refractivity contribution >= 4 is 23.6 Å². The monoisotopic (exact) mass is 819 g/mol. The van der Waals surface area contributed by atoms with Gasteiger partial charge in [0.1, 0.15) is 0 Å². The highest BCUT2D eigenvalue weighted by Crippen LogP contribution is 2.43. The molecule has 0 saturated heterocycles. The fourth-order valence-corrected chi connectivity index (χ4v) is 16.0. The van der Waals surface area contributed by atoms with E-state index >= 15 is 0 Å². The molecule has 0 bridgehead atoms. The fraction of sp³-hybridized carbons (Fsp3) is 0.333. The van der Waals surface area contributed by atoms with E-state index in [-0.39, 0.29) is 16.2 Å². The van der Waals surface area contributed by atoms with Gasteiger partial charge >= 0.3 is 0 Å².